The maximum atomic E-state index is 11.8. The molecule has 1 rings (SSSR count). The lowest BCUT2D eigenvalue weighted by molar-refractivity contribution is -0.117. The van der Waals surface area contributed by atoms with Crippen molar-refractivity contribution in [2.24, 2.45) is 0 Å². The summed E-state index contributed by atoms with van der Waals surface area (Å²) < 4.78 is 4.74. The molecular formula is C13H18BrNO3. The number of anilines is 1. The van der Waals surface area contributed by atoms with E-state index < -0.39 is 4.32 Å². The number of hydrogen-bond donors (Lipinski definition) is 2. The number of rotatable bonds is 5. The predicted octanol–water partition coefficient (Wildman–Crippen LogP) is 2.69. The van der Waals surface area contributed by atoms with Crippen molar-refractivity contribution >= 4 is 27.5 Å². The zero-order valence-electron chi connectivity index (χ0n) is 10.8. The first-order valence-electron chi connectivity index (χ1n) is 5.75. The number of nitrogens with one attached hydrogen (secondary N) is 1. The lowest BCUT2D eigenvalue weighted by atomic mass is 10.1. The van der Waals surface area contributed by atoms with Crippen molar-refractivity contribution in [1.82, 2.24) is 0 Å². The fraction of sp³-hybridized carbons (Fsp3) is 0.462. The van der Waals surface area contributed by atoms with Gasteiger partial charge in [-0.2, -0.15) is 0 Å². The molecule has 0 aliphatic heterocycles. The Morgan fingerprint density at radius 1 is 1.50 bits per heavy atom. The summed E-state index contributed by atoms with van der Waals surface area (Å²) in [6.07, 6.45) is 0. The number of carbonyl (C=O) groups is 1. The van der Waals surface area contributed by atoms with Crippen LogP contribution in [-0.4, -0.2) is 21.9 Å². The van der Waals surface area contributed by atoms with Crippen molar-refractivity contribution in [3.8, 4) is 5.75 Å². The van der Waals surface area contributed by atoms with Gasteiger partial charge in [-0.1, -0.05) is 15.9 Å². The zero-order chi connectivity index (χ0) is 13.8. The molecule has 0 atom stereocenters. The Labute approximate surface area is 115 Å². The summed E-state index contributed by atoms with van der Waals surface area (Å²) in [5.74, 6) is 0.492. The quantitative estimate of drug-likeness (QED) is 0.821. The summed E-state index contributed by atoms with van der Waals surface area (Å²) in [6, 6.07) is 5.20. The number of halogens is 1. The molecule has 1 aromatic rings. The molecule has 0 unspecified atom stereocenters. The number of aliphatic hydroxyl groups excluding tert-OH is 1. The van der Waals surface area contributed by atoms with Gasteiger partial charge in [0.1, 0.15) is 5.75 Å². The Morgan fingerprint density at radius 2 is 2.17 bits per heavy atom. The summed E-state index contributed by atoms with van der Waals surface area (Å²) in [4.78, 5) is 11.8. The summed E-state index contributed by atoms with van der Waals surface area (Å²) in [7, 11) is 0. The molecule has 0 aromatic heterocycles. The lowest BCUT2D eigenvalue weighted by Gasteiger charge is -2.17. The second kappa shape index (κ2) is 6.20. The van der Waals surface area contributed by atoms with Crippen LogP contribution in [0, 0.1) is 0 Å². The number of hydrogen-bond acceptors (Lipinski definition) is 3. The van der Waals surface area contributed by atoms with Gasteiger partial charge in [0, 0.05) is 11.3 Å². The summed E-state index contributed by atoms with van der Waals surface area (Å²) in [5.41, 5.74) is 1.29. The van der Waals surface area contributed by atoms with Crippen molar-refractivity contribution in [1.29, 1.82) is 0 Å². The van der Waals surface area contributed by atoms with E-state index in [4.69, 9.17) is 4.74 Å². The first kappa shape index (κ1) is 15.0. The molecule has 100 valence electrons. The number of aliphatic hydroxyl groups is 1. The van der Waals surface area contributed by atoms with Gasteiger partial charge in [0.15, 0.2) is 0 Å². The van der Waals surface area contributed by atoms with E-state index in [-0.39, 0.29) is 12.5 Å². The van der Waals surface area contributed by atoms with Crippen LogP contribution in [0.1, 0.15) is 26.3 Å². The third-order valence-corrected chi connectivity index (χ3v) is 2.69. The Morgan fingerprint density at radius 3 is 2.67 bits per heavy atom. The molecule has 0 saturated carbocycles. The number of benzene rings is 1. The number of carbonyl (C=O) groups excluding carboxylic acids is 1. The van der Waals surface area contributed by atoms with E-state index in [0.717, 1.165) is 0 Å². The molecule has 5 heteroatoms. The van der Waals surface area contributed by atoms with Crippen LogP contribution in [-0.2, 0) is 11.4 Å². The Bertz CT molecular complexity index is 427. The van der Waals surface area contributed by atoms with Crippen molar-refractivity contribution in [3.63, 3.8) is 0 Å². The van der Waals surface area contributed by atoms with E-state index in [0.29, 0.717) is 23.6 Å². The van der Waals surface area contributed by atoms with Gasteiger partial charge in [0.2, 0.25) is 5.91 Å². The summed E-state index contributed by atoms with van der Waals surface area (Å²) in [5, 5.41) is 12.0. The standard InChI is InChI=1S/C13H18BrNO3/c1-4-18-11-6-5-10(7-9(11)8-16)15-12(17)13(2,3)14/h5-7,16H,4,8H2,1-3H3,(H,15,17). The van der Waals surface area contributed by atoms with Crippen LogP contribution < -0.4 is 10.1 Å². The van der Waals surface area contributed by atoms with Gasteiger partial charge in [-0.25, -0.2) is 0 Å². The van der Waals surface area contributed by atoms with Crippen LogP contribution in [0.4, 0.5) is 5.69 Å². The highest BCUT2D eigenvalue weighted by atomic mass is 79.9. The zero-order valence-corrected chi connectivity index (χ0v) is 12.4. The molecule has 0 aliphatic carbocycles. The average Bonchev–Trinajstić information content (AvgIpc) is 2.30. The highest BCUT2D eigenvalue weighted by molar-refractivity contribution is 9.10. The molecule has 0 bridgehead atoms. The van der Waals surface area contributed by atoms with E-state index in [9.17, 15) is 9.90 Å². The molecule has 0 heterocycles. The first-order valence-corrected chi connectivity index (χ1v) is 6.54. The monoisotopic (exact) mass is 315 g/mol. The number of amides is 1. The first-order chi connectivity index (χ1) is 8.38. The third-order valence-electron chi connectivity index (χ3n) is 2.33. The molecule has 0 aliphatic rings. The summed E-state index contributed by atoms with van der Waals surface area (Å²) >= 11 is 3.29. The maximum absolute atomic E-state index is 11.8. The average molecular weight is 316 g/mol. The second-order valence-corrected chi connectivity index (χ2v) is 6.32. The Hall–Kier alpha value is -1.07. The van der Waals surface area contributed by atoms with Gasteiger partial charge < -0.3 is 15.2 Å². The van der Waals surface area contributed by atoms with Crippen molar-refractivity contribution in [2.75, 3.05) is 11.9 Å². The Kier molecular flexibility index (Phi) is 5.16. The molecule has 1 aromatic carbocycles. The molecule has 0 saturated heterocycles. The highest BCUT2D eigenvalue weighted by Gasteiger charge is 2.23. The molecule has 18 heavy (non-hydrogen) atoms. The van der Waals surface area contributed by atoms with E-state index >= 15 is 0 Å². The molecular weight excluding hydrogens is 298 g/mol. The van der Waals surface area contributed by atoms with Crippen molar-refractivity contribution < 1.29 is 14.6 Å². The van der Waals surface area contributed by atoms with E-state index in [1.165, 1.54) is 0 Å². The Balaban J connectivity index is 2.89. The van der Waals surface area contributed by atoms with Gasteiger partial charge in [-0.05, 0) is 39.0 Å². The third kappa shape index (κ3) is 3.99. The van der Waals surface area contributed by atoms with Crippen molar-refractivity contribution in [2.45, 2.75) is 31.7 Å². The smallest absolute Gasteiger partial charge is 0.240 e. The van der Waals surface area contributed by atoms with Gasteiger partial charge in [-0.3, -0.25) is 4.79 Å². The SMILES string of the molecule is CCOc1ccc(NC(=O)C(C)(C)Br)cc1CO. The fourth-order valence-corrected chi connectivity index (χ4v) is 1.46. The molecule has 2 N–H and O–H groups in total. The van der Waals surface area contributed by atoms with Gasteiger partial charge in [0.05, 0.1) is 17.5 Å². The van der Waals surface area contributed by atoms with Gasteiger partial charge in [-0.15, -0.1) is 0 Å². The summed E-state index contributed by atoms with van der Waals surface area (Å²) in [6.45, 7) is 5.82. The van der Waals surface area contributed by atoms with E-state index in [1.54, 1.807) is 32.0 Å². The van der Waals surface area contributed by atoms with Crippen LogP contribution in [0.15, 0.2) is 18.2 Å². The minimum atomic E-state index is -0.634. The molecule has 0 fully saturated rings. The van der Waals surface area contributed by atoms with Crippen LogP contribution in [0.2, 0.25) is 0 Å². The number of alkyl halides is 1. The normalized spacial score (nSPS) is 11.2. The minimum absolute atomic E-state index is 0.128. The van der Waals surface area contributed by atoms with Gasteiger partial charge in [0.25, 0.3) is 0 Å². The molecule has 0 spiro atoms. The topological polar surface area (TPSA) is 58.6 Å². The van der Waals surface area contributed by atoms with Crippen LogP contribution in [0.5, 0.6) is 5.75 Å². The number of ether oxygens (including phenoxy) is 1. The largest absolute Gasteiger partial charge is 0.494 e. The fourth-order valence-electron chi connectivity index (χ4n) is 1.36. The second-order valence-electron chi connectivity index (χ2n) is 4.34. The van der Waals surface area contributed by atoms with E-state index in [2.05, 4.69) is 21.2 Å². The highest BCUT2D eigenvalue weighted by Crippen LogP contribution is 2.25. The minimum Gasteiger partial charge on any atom is -0.494 e. The predicted molar refractivity (Wildman–Crippen MR) is 75.2 cm³/mol. The molecule has 0 radical (unpaired) electrons. The van der Waals surface area contributed by atoms with Crippen LogP contribution in [0.25, 0.3) is 0 Å². The maximum Gasteiger partial charge on any atom is 0.240 e. The van der Waals surface area contributed by atoms with Gasteiger partial charge >= 0.3 is 0 Å². The molecule has 4 nitrogen and oxygen atoms in total. The van der Waals surface area contributed by atoms with Crippen molar-refractivity contribution in [3.05, 3.63) is 23.8 Å². The van der Waals surface area contributed by atoms with Crippen LogP contribution in [0.3, 0.4) is 0 Å². The lowest BCUT2D eigenvalue weighted by Crippen LogP contribution is -2.30. The van der Waals surface area contributed by atoms with Crippen LogP contribution >= 0.6 is 15.9 Å². The molecule has 1 amide bonds. The van der Waals surface area contributed by atoms with E-state index in [1.807, 2.05) is 6.92 Å².